The van der Waals surface area contributed by atoms with Gasteiger partial charge in [0.25, 0.3) is 0 Å². The Kier molecular flexibility index (Phi) is 6.16. The van der Waals surface area contributed by atoms with Gasteiger partial charge in [-0.05, 0) is 24.3 Å². The number of hydrogen-bond acceptors (Lipinski definition) is 3. The smallest absolute Gasteiger partial charge is 0.0637 e. The number of terminal acetylenes is 1. The first-order valence-corrected chi connectivity index (χ1v) is 5.61. The van der Waals surface area contributed by atoms with Crippen molar-refractivity contribution < 1.29 is 9.47 Å². The second-order valence-corrected chi connectivity index (χ2v) is 3.66. The van der Waals surface area contributed by atoms with Crippen molar-refractivity contribution in [3.63, 3.8) is 0 Å². The van der Waals surface area contributed by atoms with Crippen LogP contribution >= 0.6 is 0 Å². The summed E-state index contributed by atoms with van der Waals surface area (Å²) < 4.78 is 10.2. The van der Waals surface area contributed by atoms with Crippen molar-refractivity contribution in [2.24, 2.45) is 0 Å². The molecule has 0 aliphatic carbocycles. The maximum Gasteiger partial charge on any atom is 0.0637 e. The minimum absolute atomic E-state index is 0.695. The third kappa shape index (κ3) is 4.48. The van der Waals surface area contributed by atoms with Crippen LogP contribution in [0.5, 0.6) is 0 Å². The van der Waals surface area contributed by atoms with Gasteiger partial charge in [0.05, 0.1) is 13.2 Å². The van der Waals surface area contributed by atoms with Crippen LogP contribution in [0.4, 0.5) is 5.69 Å². The van der Waals surface area contributed by atoms with Crippen molar-refractivity contribution >= 4 is 5.69 Å². The third-order valence-electron chi connectivity index (χ3n) is 2.53. The lowest BCUT2D eigenvalue weighted by molar-refractivity contribution is 0.190. The Morgan fingerprint density at radius 3 is 2.00 bits per heavy atom. The van der Waals surface area contributed by atoms with Crippen molar-refractivity contribution in [3.8, 4) is 12.3 Å². The maximum absolute atomic E-state index is 5.33. The molecule has 0 aromatic heterocycles. The topological polar surface area (TPSA) is 21.7 Å². The molecule has 1 aromatic carbocycles. The predicted octanol–water partition coefficient (Wildman–Crippen LogP) is 1.77. The predicted molar refractivity (Wildman–Crippen MR) is 70.3 cm³/mol. The molecular weight excluding hydrogens is 214 g/mol. The van der Waals surface area contributed by atoms with E-state index in [4.69, 9.17) is 15.9 Å². The number of ether oxygens (including phenoxy) is 2. The molecule has 17 heavy (non-hydrogen) atoms. The molecule has 0 bridgehead atoms. The first-order valence-electron chi connectivity index (χ1n) is 5.61. The molecule has 0 fully saturated rings. The van der Waals surface area contributed by atoms with Gasteiger partial charge in [0.15, 0.2) is 0 Å². The summed E-state index contributed by atoms with van der Waals surface area (Å²) in [6.45, 7) is 3.08. The lowest BCUT2D eigenvalue weighted by atomic mass is 10.2. The average molecular weight is 233 g/mol. The number of nitrogens with zero attached hydrogens (tertiary/aromatic N) is 1. The van der Waals surface area contributed by atoms with Crippen molar-refractivity contribution in [1.82, 2.24) is 0 Å². The third-order valence-corrected chi connectivity index (χ3v) is 2.53. The van der Waals surface area contributed by atoms with Gasteiger partial charge in [0, 0.05) is 38.6 Å². The van der Waals surface area contributed by atoms with Crippen LogP contribution in [0.2, 0.25) is 0 Å². The molecule has 0 heterocycles. The van der Waals surface area contributed by atoms with Gasteiger partial charge in [0.1, 0.15) is 0 Å². The van der Waals surface area contributed by atoms with Crippen molar-refractivity contribution in [3.05, 3.63) is 29.8 Å². The quantitative estimate of drug-likeness (QED) is 0.670. The summed E-state index contributed by atoms with van der Waals surface area (Å²) in [6.07, 6.45) is 5.33. The average Bonchev–Trinajstić information content (AvgIpc) is 2.39. The van der Waals surface area contributed by atoms with Gasteiger partial charge in [0.2, 0.25) is 0 Å². The molecule has 0 radical (unpaired) electrons. The summed E-state index contributed by atoms with van der Waals surface area (Å²) in [5, 5.41) is 0. The molecule has 3 heteroatoms. The normalized spacial score (nSPS) is 9.94. The van der Waals surface area contributed by atoms with E-state index >= 15 is 0 Å². The van der Waals surface area contributed by atoms with Gasteiger partial charge < -0.3 is 14.4 Å². The molecule has 3 nitrogen and oxygen atoms in total. The van der Waals surface area contributed by atoms with Crippen LogP contribution in [0.25, 0.3) is 0 Å². The van der Waals surface area contributed by atoms with Gasteiger partial charge in [-0.2, -0.15) is 0 Å². The fraction of sp³-hybridized carbons (Fsp3) is 0.429. The second kappa shape index (κ2) is 7.72. The van der Waals surface area contributed by atoms with Crippen molar-refractivity contribution in [2.75, 3.05) is 45.4 Å². The van der Waals surface area contributed by atoms with Crippen LogP contribution in [0.3, 0.4) is 0 Å². The van der Waals surface area contributed by atoms with Gasteiger partial charge in [-0.1, -0.05) is 5.92 Å². The Hall–Kier alpha value is -1.50. The van der Waals surface area contributed by atoms with E-state index in [1.165, 1.54) is 0 Å². The molecule has 0 atom stereocenters. The number of benzene rings is 1. The zero-order chi connectivity index (χ0) is 12.5. The number of methoxy groups -OCH3 is 2. The molecule has 0 N–H and O–H groups in total. The Bertz CT molecular complexity index is 345. The molecule has 0 amide bonds. The Morgan fingerprint density at radius 2 is 1.59 bits per heavy atom. The second-order valence-electron chi connectivity index (χ2n) is 3.66. The first-order chi connectivity index (χ1) is 8.31. The molecule has 92 valence electrons. The van der Waals surface area contributed by atoms with E-state index in [-0.39, 0.29) is 0 Å². The Labute approximate surface area is 103 Å². The van der Waals surface area contributed by atoms with E-state index in [0.717, 1.165) is 24.3 Å². The zero-order valence-electron chi connectivity index (χ0n) is 10.5. The van der Waals surface area contributed by atoms with E-state index < -0.39 is 0 Å². The van der Waals surface area contributed by atoms with Crippen molar-refractivity contribution in [2.45, 2.75) is 0 Å². The van der Waals surface area contributed by atoms with Crippen LogP contribution < -0.4 is 4.90 Å². The highest BCUT2D eigenvalue weighted by Crippen LogP contribution is 2.14. The van der Waals surface area contributed by atoms with E-state index in [0.29, 0.717) is 13.2 Å². The van der Waals surface area contributed by atoms with E-state index in [1.54, 1.807) is 14.2 Å². The van der Waals surface area contributed by atoms with E-state index in [1.807, 2.05) is 24.3 Å². The monoisotopic (exact) mass is 233 g/mol. The maximum atomic E-state index is 5.33. The van der Waals surface area contributed by atoms with E-state index in [9.17, 15) is 0 Å². The Morgan fingerprint density at radius 1 is 1.06 bits per heavy atom. The fourth-order valence-corrected chi connectivity index (χ4v) is 1.54. The molecule has 0 spiro atoms. The minimum atomic E-state index is 0.695. The molecule has 1 rings (SSSR count). The SMILES string of the molecule is C#Cc1ccc(N(CCOC)CCOC)cc1. The van der Waals surface area contributed by atoms with Gasteiger partial charge >= 0.3 is 0 Å². The minimum Gasteiger partial charge on any atom is -0.383 e. The highest BCUT2D eigenvalue weighted by atomic mass is 16.5. The van der Waals surface area contributed by atoms with Gasteiger partial charge in [-0.15, -0.1) is 6.42 Å². The number of anilines is 1. The lowest BCUT2D eigenvalue weighted by Gasteiger charge is -2.24. The summed E-state index contributed by atoms with van der Waals surface area (Å²) in [5.74, 6) is 2.61. The van der Waals surface area contributed by atoms with Crippen LogP contribution in [0, 0.1) is 12.3 Å². The number of rotatable bonds is 7. The van der Waals surface area contributed by atoms with Crippen LogP contribution in [-0.4, -0.2) is 40.5 Å². The Balaban J connectivity index is 2.69. The van der Waals surface area contributed by atoms with Gasteiger partial charge in [-0.3, -0.25) is 0 Å². The summed E-state index contributed by atoms with van der Waals surface area (Å²) >= 11 is 0. The van der Waals surface area contributed by atoms with E-state index in [2.05, 4.69) is 10.8 Å². The van der Waals surface area contributed by atoms with Crippen LogP contribution in [0.15, 0.2) is 24.3 Å². The first kappa shape index (κ1) is 13.6. The molecule has 0 aliphatic heterocycles. The van der Waals surface area contributed by atoms with Crippen molar-refractivity contribution in [1.29, 1.82) is 0 Å². The standard InChI is InChI=1S/C14H19NO2/c1-4-13-5-7-14(8-6-13)15(9-11-16-2)10-12-17-3/h1,5-8H,9-12H2,2-3H3. The highest BCUT2D eigenvalue weighted by molar-refractivity contribution is 5.50. The molecule has 0 saturated carbocycles. The largest absolute Gasteiger partial charge is 0.383 e. The van der Waals surface area contributed by atoms with Crippen LogP contribution in [-0.2, 0) is 9.47 Å². The summed E-state index contributed by atoms with van der Waals surface area (Å²) in [6, 6.07) is 7.95. The highest BCUT2D eigenvalue weighted by Gasteiger charge is 2.05. The molecule has 0 aliphatic rings. The summed E-state index contributed by atoms with van der Waals surface area (Å²) in [7, 11) is 3.41. The molecule has 1 aromatic rings. The zero-order valence-corrected chi connectivity index (χ0v) is 10.5. The van der Waals surface area contributed by atoms with Crippen LogP contribution in [0.1, 0.15) is 5.56 Å². The van der Waals surface area contributed by atoms with Gasteiger partial charge in [-0.25, -0.2) is 0 Å². The molecule has 0 unspecified atom stereocenters. The summed E-state index contributed by atoms with van der Waals surface area (Å²) in [4.78, 5) is 2.22. The molecular formula is C14H19NO2. The molecule has 0 saturated heterocycles. The lowest BCUT2D eigenvalue weighted by Crippen LogP contribution is -2.30. The fourth-order valence-electron chi connectivity index (χ4n) is 1.54. The number of hydrogen-bond donors (Lipinski definition) is 0. The summed E-state index contributed by atoms with van der Waals surface area (Å²) in [5.41, 5.74) is 2.03.